The van der Waals surface area contributed by atoms with Gasteiger partial charge in [-0.3, -0.25) is 9.59 Å². The minimum atomic E-state index is -0.378. The predicted octanol–water partition coefficient (Wildman–Crippen LogP) is 3.54. The van der Waals surface area contributed by atoms with Crippen LogP contribution in [-0.2, 0) is 4.79 Å². The van der Waals surface area contributed by atoms with E-state index >= 15 is 0 Å². The second kappa shape index (κ2) is 6.67. The molecule has 0 bridgehead atoms. The average molecular weight is 319 g/mol. The number of nitrogens with one attached hydrogen (secondary N) is 2. The summed E-state index contributed by atoms with van der Waals surface area (Å²) in [6.07, 6.45) is -0.204. The van der Waals surface area contributed by atoms with Gasteiger partial charge in [0.05, 0.1) is 6.07 Å². The summed E-state index contributed by atoms with van der Waals surface area (Å²) in [7, 11) is 0. The third-order valence-corrected chi connectivity index (χ3v) is 3.32. The number of furan rings is 1. The quantitative estimate of drug-likeness (QED) is 0.769. The molecule has 0 atom stereocenters. The number of fused-ring (bicyclic) bond motifs is 1. The minimum absolute atomic E-state index is 0.204. The van der Waals surface area contributed by atoms with Crippen LogP contribution in [0, 0.1) is 11.3 Å². The summed E-state index contributed by atoms with van der Waals surface area (Å²) in [5.74, 6) is -0.508. The summed E-state index contributed by atoms with van der Waals surface area (Å²) in [5.41, 5.74) is 1.77. The summed E-state index contributed by atoms with van der Waals surface area (Å²) in [5, 5.41) is 14.6. The van der Waals surface area contributed by atoms with E-state index in [2.05, 4.69) is 10.6 Å². The number of carbonyl (C=O) groups excluding carboxylic acids is 2. The molecule has 1 heterocycles. The summed E-state index contributed by atoms with van der Waals surface area (Å²) < 4.78 is 5.51. The van der Waals surface area contributed by atoms with Gasteiger partial charge in [0.15, 0.2) is 5.76 Å². The van der Waals surface area contributed by atoms with E-state index in [4.69, 9.17) is 9.68 Å². The van der Waals surface area contributed by atoms with Crippen LogP contribution in [0.2, 0.25) is 0 Å². The molecule has 0 saturated carbocycles. The van der Waals surface area contributed by atoms with Crippen LogP contribution < -0.4 is 10.6 Å². The molecule has 2 amide bonds. The topological polar surface area (TPSA) is 95.1 Å². The molecule has 0 unspecified atom stereocenters. The third-order valence-electron chi connectivity index (χ3n) is 3.32. The molecule has 6 nitrogen and oxygen atoms in total. The fourth-order valence-electron chi connectivity index (χ4n) is 2.20. The molecule has 118 valence electrons. The molecule has 0 aliphatic carbocycles. The van der Waals surface area contributed by atoms with Gasteiger partial charge in [-0.2, -0.15) is 5.26 Å². The van der Waals surface area contributed by atoms with Crippen LogP contribution in [-0.4, -0.2) is 11.8 Å². The first-order valence-electron chi connectivity index (χ1n) is 7.22. The molecule has 1 aromatic heterocycles. The molecular formula is C18H13N3O3. The van der Waals surface area contributed by atoms with Gasteiger partial charge in [-0.05, 0) is 36.4 Å². The van der Waals surface area contributed by atoms with Crippen molar-refractivity contribution in [3.05, 3.63) is 60.4 Å². The van der Waals surface area contributed by atoms with Gasteiger partial charge >= 0.3 is 0 Å². The first-order chi connectivity index (χ1) is 11.7. The molecular weight excluding hydrogens is 306 g/mol. The molecule has 24 heavy (non-hydrogen) atoms. The van der Waals surface area contributed by atoms with Crippen molar-refractivity contribution >= 4 is 34.2 Å². The summed E-state index contributed by atoms with van der Waals surface area (Å²) >= 11 is 0. The second-order valence-electron chi connectivity index (χ2n) is 5.06. The monoisotopic (exact) mass is 319 g/mol. The van der Waals surface area contributed by atoms with Gasteiger partial charge in [0.2, 0.25) is 5.91 Å². The Balaban J connectivity index is 1.68. The standard InChI is InChI=1S/C18H13N3O3/c19-10-9-17(22)20-13-5-7-14(8-6-13)21-18(23)16-11-12-3-1-2-4-15(12)24-16/h1-8,11H,9H2,(H,20,22)(H,21,23). The summed E-state index contributed by atoms with van der Waals surface area (Å²) in [6, 6.07) is 17.4. The van der Waals surface area contributed by atoms with E-state index in [0.29, 0.717) is 17.0 Å². The van der Waals surface area contributed by atoms with Crippen molar-refractivity contribution in [1.29, 1.82) is 5.26 Å². The number of nitriles is 1. The Morgan fingerprint density at radius 3 is 2.33 bits per heavy atom. The van der Waals surface area contributed by atoms with Crippen LogP contribution in [0.4, 0.5) is 11.4 Å². The number of amides is 2. The molecule has 6 heteroatoms. The molecule has 0 fully saturated rings. The first-order valence-corrected chi connectivity index (χ1v) is 7.22. The van der Waals surface area contributed by atoms with E-state index in [-0.39, 0.29) is 24.0 Å². The number of anilines is 2. The Morgan fingerprint density at radius 2 is 1.67 bits per heavy atom. The van der Waals surface area contributed by atoms with Crippen LogP contribution in [0.15, 0.2) is 59.0 Å². The fourth-order valence-corrected chi connectivity index (χ4v) is 2.20. The zero-order valence-corrected chi connectivity index (χ0v) is 12.6. The van der Waals surface area contributed by atoms with Crippen LogP contribution in [0.5, 0.6) is 0 Å². The van der Waals surface area contributed by atoms with Crippen molar-refractivity contribution in [2.75, 3.05) is 10.6 Å². The van der Waals surface area contributed by atoms with E-state index in [1.165, 1.54) is 0 Å². The smallest absolute Gasteiger partial charge is 0.291 e. The van der Waals surface area contributed by atoms with E-state index in [0.717, 1.165) is 5.39 Å². The summed E-state index contributed by atoms with van der Waals surface area (Å²) in [6.45, 7) is 0. The second-order valence-corrected chi connectivity index (χ2v) is 5.06. The molecule has 3 aromatic rings. The Bertz CT molecular complexity index is 903. The number of nitrogens with zero attached hydrogens (tertiary/aromatic N) is 1. The van der Waals surface area contributed by atoms with Gasteiger partial charge < -0.3 is 15.1 Å². The van der Waals surface area contributed by atoms with Crippen LogP contribution in [0.3, 0.4) is 0 Å². The zero-order chi connectivity index (χ0) is 16.9. The lowest BCUT2D eigenvalue weighted by Gasteiger charge is -2.06. The molecule has 0 radical (unpaired) electrons. The molecule has 0 saturated heterocycles. The van der Waals surface area contributed by atoms with Gasteiger partial charge in [-0.25, -0.2) is 0 Å². The highest BCUT2D eigenvalue weighted by Gasteiger charge is 2.12. The lowest BCUT2D eigenvalue weighted by Crippen LogP contribution is -2.12. The van der Waals surface area contributed by atoms with Crippen molar-refractivity contribution in [3.8, 4) is 6.07 Å². The van der Waals surface area contributed by atoms with Crippen molar-refractivity contribution in [2.24, 2.45) is 0 Å². The Kier molecular flexibility index (Phi) is 4.25. The van der Waals surface area contributed by atoms with E-state index in [1.54, 1.807) is 42.5 Å². The van der Waals surface area contributed by atoms with Gasteiger partial charge in [-0.1, -0.05) is 18.2 Å². The minimum Gasteiger partial charge on any atom is -0.451 e. The van der Waals surface area contributed by atoms with Gasteiger partial charge in [0, 0.05) is 16.8 Å². The lowest BCUT2D eigenvalue weighted by atomic mass is 10.2. The Labute approximate surface area is 137 Å². The van der Waals surface area contributed by atoms with E-state index < -0.39 is 0 Å². The van der Waals surface area contributed by atoms with Crippen molar-refractivity contribution < 1.29 is 14.0 Å². The average Bonchev–Trinajstić information content (AvgIpc) is 3.01. The number of rotatable bonds is 4. The van der Waals surface area contributed by atoms with Crippen LogP contribution in [0.25, 0.3) is 11.0 Å². The number of carbonyl (C=O) groups is 2. The summed E-state index contributed by atoms with van der Waals surface area (Å²) in [4.78, 5) is 23.6. The Hall–Kier alpha value is -3.59. The van der Waals surface area contributed by atoms with Gasteiger partial charge in [0.25, 0.3) is 5.91 Å². The lowest BCUT2D eigenvalue weighted by molar-refractivity contribution is -0.115. The molecule has 0 spiro atoms. The van der Waals surface area contributed by atoms with Crippen molar-refractivity contribution in [3.63, 3.8) is 0 Å². The molecule has 2 aromatic carbocycles. The maximum Gasteiger partial charge on any atom is 0.291 e. The van der Waals surface area contributed by atoms with Crippen molar-refractivity contribution in [1.82, 2.24) is 0 Å². The molecule has 2 N–H and O–H groups in total. The van der Waals surface area contributed by atoms with Gasteiger partial charge in [0.1, 0.15) is 12.0 Å². The zero-order valence-electron chi connectivity index (χ0n) is 12.6. The maximum atomic E-state index is 12.2. The normalized spacial score (nSPS) is 10.1. The van der Waals surface area contributed by atoms with Crippen molar-refractivity contribution in [2.45, 2.75) is 6.42 Å². The molecule has 3 rings (SSSR count). The van der Waals surface area contributed by atoms with E-state index in [1.807, 2.05) is 18.2 Å². The first kappa shape index (κ1) is 15.3. The number of hydrogen-bond donors (Lipinski definition) is 2. The van der Waals surface area contributed by atoms with Crippen LogP contribution >= 0.6 is 0 Å². The number of benzene rings is 2. The number of hydrogen-bond acceptors (Lipinski definition) is 4. The van der Waals surface area contributed by atoms with Crippen LogP contribution in [0.1, 0.15) is 17.0 Å². The fraction of sp³-hybridized carbons (Fsp3) is 0.0556. The third kappa shape index (κ3) is 3.42. The highest BCUT2D eigenvalue weighted by atomic mass is 16.3. The Morgan fingerprint density at radius 1 is 1.00 bits per heavy atom. The largest absolute Gasteiger partial charge is 0.451 e. The highest BCUT2D eigenvalue weighted by Crippen LogP contribution is 2.20. The van der Waals surface area contributed by atoms with Gasteiger partial charge in [-0.15, -0.1) is 0 Å². The predicted molar refractivity (Wildman–Crippen MR) is 89.5 cm³/mol. The van der Waals surface area contributed by atoms with E-state index in [9.17, 15) is 9.59 Å². The molecule has 0 aliphatic rings. The maximum absolute atomic E-state index is 12.2. The highest BCUT2D eigenvalue weighted by molar-refractivity contribution is 6.04. The number of para-hydroxylation sites is 1. The SMILES string of the molecule is N#CCC(=O)Nc1ccc(NC(=O)c2cc3ccccc3o2)cc1. The molecule has 0 aliphatic heterocycles.